The number of rotatable bonds is 8. The third kappa shape index (κ3) is 5.76. The number of nitrogens with zero attached hydrogens (tertiary/aromatic N) is 2. The van der Waals surface area contributed by atoms with E-state index in [1.807, 2.05) is 23.1 Å². The van der Waals surface area contributed by atoms with Crippen LogP contribution in [0.25, 0.3) is 0 Å². The fraction of sp³-hybridized carbons (Fsp3) is 0.435. The first kappa shape index (κ1) is 21.2. The lowest BCUT2D eigenvalue weighted by Gasteiger charge is -2.22. The highest BCUT2D eigenvalue weighted by molar-refractivity contribution is 8.00. The Kier molecular flexibility index (Phi) is 7.83. The van der Waals surface area contributed by atoms with Crippen molar-refractivity contribution in [3.8, 4) is 0 Å². The quantitative estimate of drug-likeness (QED) is 0.607. The normalized spacial score (nSPS) is 17.9. The number of thioether (sulfide) groups is 1. The number of hydrogen-bond donors (Lipinski definition) is 0. The summed E-state index contributed by atoms with van der Waals surface area (Å²) in [6, 6.07) is 18.3. The maximum atomic E-state index is 12.8. The van der Waals surface area contributed by atoms with Crippen molar-refractivity contribution in [2.45, 2.75) is 18.6 Å². The van der Waals surface area contributed by atoms with Crippen LogP contribution in [0.15, 0.2) is 54.6 Å². The van der Waals surface area contributed by atoms with E-state index in [0.717, 1.165) is 37.6 Å². The van der Waals surface area contributed by atoms with Crippen LogP contribution in [0, 0.1) is 5.92 Å². The van der Waals surface area contributed by atoms with E-state index < -0.39 is 0 Å². The van der Waals surface area contributed by atoms with E-state index in [9.17, 15) is 4.79 Å². The second-order valence-electron chi connectivity index (χ2n) is 7.50. The van der Waals surface area contributed by atoms with Gasteiger partial charge in [-0.25, -0.2) is 0 Å². The molecule has 0 radical (unpaired) electrons. The van der Waals surface area contributed by atoms with Gasteiger partial charge in [0.05, 0.1) is 11.0 Å². The van der Waals surface area contributed by atoms with Gasteiger partial charge in [0.25, 0.3) is 0 Å². The molecule has 0 saturated carbocycles. The summed E-state index contributed by atoms with van der Waals surface area (Å²) in [5.41, 5.74) is 2.39. The number of carbonyl (C=O) groups excluding carboxylic acids is 1. The van der Waals surface area contributed by atoms with Gasteiger partial charge in [0.2, 0.25) is 5.91 Å². The van der Waals surface area contributed by atoms with E-state index in [1.165, 1.54) is 11.1 Å². The molecule has 0 N–H and O–H groups in total. The summed E-state index contributed by atoms with van der Waals surface area (Å²) in [5, 5.41) is 0.865. The lowest BCUT2D eigenvalue weighted by Crippen LogP contribution is -2.32. The van der Waals surface area contributed by atoms with Crippen molar-refractivity contribution in [1.82, 2.24) is 9.80 Å². The highest BCUT2D eigenvalue weighted by Crippen LogP contribution is 2.36. The molecule has 1 fully saturated rings. The highest BCUT2D eigenvalue weighted by Gasteiger charge is 2.27. The standard InChI is InChI=1S/C23H29ClN2OS/c1-3-25(2)15-18-13-14-26(16-18)22(27)17-28-23(19-7-5-4-6-8-19)20-9-11-21(24)12-10-20/h4-12,18,23H,3,13-17H2,1-2H3/t18-,23+/m1/s1. The van der Waals surface area contributed by atoms with Crippen LogP contribution in [0.5, 0.6) is 0 Å². The Morgan fingerprint density at radius 2 is 1.86 bits per heavy atom. The average molecular weight is 417 g/mol. The Morgan fingerprint density at radius 1 is 1.18 bits per heavy atom. The van der Waals surface area contributed by atoms with Crippen molar-refractivity contribution in [1.29, 1.82) is 0 Å². The van der Waals surface area contributed by atoms with Gasteiger partial charge in [0, 0.05) is 24.7 Å². The van der Waals surface area contributed by atoms with Crippen LogP contribution in [0.4, 0.5) is 0 Å². The third-order valence-electron chi connectivity index (χ3n) is 5.40. The van der Waals surface area contributed by atoms with E-state index in [2.05, 4.69) is 55.3 Å². The van der Waals surface area contributed by atoms with E-state index in [1.54, 1.807) is 11.8 Å². The topological polar surface area (TPSA) is 23.6 Å². The van der Waals surface area contributed by atoms with Gasteiger partial charge in [0.1, 0.15) is 0 Å². The zero-order chi connectivity index (χ0) is 19.9. The highest BCUT2D eigenvalue weighted by atomic mass is 35.5. The Labute approximate surface area is 178 Å². The Hall–Kier alpha value is -1.49. The Bertz CT molecular complexity index is 753. The van der Waals surface area contributed by atoms with Gasteiger partial charge in [-0.05, 0) is 49.2 Å². The first-order valence-electron chi connectivity index (χ1n) is 9.95. The Balaban J connectivity index is 1.62. The maximum absolute atomic E-state index is 12.8. The summed E-state index contributed by atoms with van der Waals surface area (Å²) in [5.74, 6) is 1.35. The molecule has 0 aromatic heterocycles. The van der Waals surface area contributed by atoms with Gasteiger partial charge in [0.15, 0.2) is 0 Å². The molecule has 1 saturated heterocycles. The SMILES string of the molecule is CCN(C)C[C@H]1CCN(C(=O)CS[C@@H](c2ccccc2)c2ccc(Cl)cc2)C1. The summed E-state index contributed by atoms with van der Waals surface area (Å²) in [4.78, 5) is 17.2. The second-order valence-corrected chi connectivity index (χ2v) is 9.03. The van der Waals surface area contributed by atoms with Crippen LogP contribution in [0.3, 0.4) is 0 Å². The first-order valence-corrected chi connectivity index (χ1v) is 11.4. The smallest absolute Gasteiger partial charge is 0.232 e. The second kappa shape index (κ2) is 10.3. The number of amides is 1. The van der Waals surface area contributed by atoms with E-state index in [-0.39, 0.29) is 11.2 Å². The molecule has 2 atom stereocenters. The van der Waals surface area contributed by atoms with Crippen LogP contribution in [-0.4, -0.2) is 54.7 Å². The molecule has 2 aromatic rings. The van der Waals surface area contributed by atoms with Crippen molar-refractivity contribution in [2.24, 2.45) is 5.92 Å². The molecule has 28 heavy (non-hydrogen) atoms. The number of likely N-dealkylation sites (tertiary alicyclic amines) is 1. The molecular weight excluding hydrogens is 388 g/mol. The van der Waals surface area contributed by atoms with Gasteiger partial charge in [-0.1, -0.05) is 61.0 Å². The molecule has 2 aromatic carbocycles. The van der Waals surface area contributed by atoms with Crippen LogP contribution in [0.1, 0.15) is 29.7 Å². The minimum atomic E-state index is 0.132. The average Bonchev–Trinajstić information content (AvgIpc) is 3.18. The molecule has 0 aliphatic carbocycles. The fourth-order valence-corrected chi connectivity index (χ4v) is 4.99. The fourth-order valence-electron chi connectivity index (χ4n) is 3.67. The van der Waals surface area contributed by atoms with Gasteiger partial charge in [-0.3, -0.25) is 4.79 Å². The van der Waals surface area contributed by atoms with Crippen molar-refractivity contribution in [3.63, 3.8) is 0 Å². The summed E-state index contributed by atoms with van der Waals surface area (Å²) in [6.07, 6.45) is 1.11. The first-order chi connectivity index (χ1) is 13.6. The number of benzene rings is 2. The van der Waals surface area contributed by atoms with Gasteiger partial charge >= 0.3 is 0 Å². The van der Waals surface area contributed by atoms with Crippen molar-refractivity contribution >= 4 is 29.3 Å². The van der Waals surface area contributed by atoms with E-state index >= 15 is 0 Å². The minimum Gasteiger partial charge on any atom is -0.342 e. The molecular formula is C23H29ClN2OS. The third-order valence-corrected chi connectivity index (χ3v) is 6.94. The molecule has 0 spiro atoms. The monoisotopic (exact) mass is 416 g/mol. The predicted octanol–water partition coefficient (Wildman–Crippen LogP) is 4.96. The van der Waals surface area contributed by atoms with Gasteiger partial charge in [-0.2, -0.15) is 0 Å². The number of hydrogen-bond acceptors (Lipinski definition) is 3. The molecule has 0 unspecified atom stereocenters. The summed E-state index contributed by atoms with van der Waals surface area (Å²) >= 11 is 7.77. The Morgan fingerprint density at radius 3 is 2.54 bits per heavy atom. The molecule has 0 bridgehead atoms. The molecule has 3 nitrogen and oxygen atoms in total. The van der Waals surface area contributed by atoms with Gasteiger partial charge < -0.3 is 9.80 Å². The molecule has 1 heterocycles. The largest absolute Gasteiger partial charge is 0.342 e. The molecule has 150 valence electrons. The van der Waals surface area contributed by atoms with E-state index in [0.29, 0.717) is 11.7 Å². The summed E-state index contributed by atoms with van der Waals surface area (Å²) in [7, 11) is 2.15. The zero-order valence-electron chi connectivity index (χ0n) is 16.7. The molecule has 3 rings (SSSR count). The lowest BCUT2D eigenvalue weighted by molar-refractivity contribution is -0.127. The van der Waals surface area contributed by atoms with Crippen LogP contribution >= 0.6 is 23.4 Å². The van der Waals surface area contributed by atoms with Crippen LogP contribution in [-0.2, 0) is 4.79 Å². The molecule has 5 heteroatoms. The van der Waals surface area contributed by atoms with Crippen LogP contribution in [0.2, 0.25) is 5.02 Å². The number of halogens is 1. The van der Waals surface area contributed by atoms with Gasteiger partial charge in [-0.15, -0.1) is 11.8 Å². The summed E-state index contributed by atoms with van der Waals surface area (Å²) in [6.45, 7) is 6.08. The van der Waals surface area contributed by atoms with Crippen molar-refractivity contribution < 1.29 is 4.79 Å². The zero-order valence-corrected chi connectivity index (χ0v) is 18.3. The van der Waals surface area contributed by atoms with E-state index in [4.69, 9.17) is 11.6 Å². The molecule has 1 aliphatic heterocycles. The summed E-state index contributed by atoms with van der Waals surface area (Å²) < 4.78 is 0. The maximum Gasteiger partial charge on any atom is 0.232 e. The minimum absolute atomic E-state index is 0.132. The van der Waals surface area contributed by atoms with Crippen LogP contribution < -0.4 is 0 Å². The lowest BCUT2D eigenvalue weighted by atomic mass is 10.0. The molecule has 1 amide bonds. The molecule has 1 aliphatic rings. The van der Waals surface area contributed by atoms with Crippen molar-refractivity contribution in [3.05, 3.63) is 70.7 Å². The predicted molar refractivity (Wildman–Crippen MR) is 120 cm³/mol. The number of carbonyl (C=O) groups is 1. The van der Waals surface area contributed by atoms with Crippen molar-refractivity contribution in [2.75, 3.05) is 39.0 Å².